The van der Waals surface area contributed by atoms with Crippen LogP contribution in [0.25, 0.3) is 0 Å². The highest BCUT2D eigenvalue weighted by Crippen LogP contribution is 2.15. The maximum atomic E-state index is 12.4. The fraction of sp³-hybridized carbons (Fsp3) is 0.500. The Morgan fingerprint density at radius 1 is 1.50 bits per heavy atom. The molecule has 0 aliphatic rings. The first-order valence-corrected chi connectivity index (χ1v) is 4.84. The second kappa shape index (κ2) is 4.96. The minimum atomic E-state index is -2.92. The minimum Gasteiger partial charge on any atom is -0.488 e. The molecular weight excluding hydrogens is 218 g/mol. The van der Waals surface area contributed by atoms with Crippen molar-refractivity contribution in [2.24, 2.45) is 5.92 Å². The number of nitrogens with two attached hydrogens (primary N) is 1. The number of nitrogens with zero attached hydrogens (tertiary/aromatic N) is 1. The highest BCUT2D eigenvalue weighted by Gasteiger charge is 2.13. The van der Waals surface area contributed by atoms with Crippen LogP contribution in [0.5, 0.6) is 5.75 Å². The summed E-state index contributed by atoms with van der Waals surface area (Å²) in [4.78, 5) is 11.5. The molecule has 0 aliphatic carbocycles. The van der Waals surface area contributed by atoms with Gasteiger partial charge in [0.25, 0.3) is 5.56 Å². The van der Waals surface area contributed by atoms with Crippen molar-refractivity contribution < 1.29 is 13.5 Å². The van der Waals surface area contributed by atoms with Crippen LogP contribution in [0.2, 0.25) is 0 Å². The molecular formula is C10H14F2N2O2. The van der Waals surface area contributed by atoms with Crippen LogP contribution in [0.1, 0.15) is 20.4 Å². The van der Waals surface area contributed by atoms with Crippen molar-refractivity contribution >= 4 is 5.69 Å². The van der Waals surface area contributed by atoms with E-state index in [2.05, 4.69) is 0 Å². The van der Waals surface area contributed by atoms with Gasteiger partial charge in [-0.15, -0.1) is 0 Å². The zero-order chi connectivity index (χ0) is 12.3. The molecule has 2 N–H and O–H groups in total. The lowest BCUT2D eigenvalue weighted by atomic mass is 10.2. The minimum absolute atomic E-state index is 0.0682. The quantitative estimate of drug-likeness (QED) is 0.862. The molecule has 6 heteroatoms. The van der Waals surface area contributed by atoms with E-state index >= 15 is 0 Å². The van der Waals surface area contributed by atoms with Crippen molar-refractivity contribution in [2.75, 3.05) is 12.3 Å². The van der Waals surface area contributed by atoms with E-state index in [0.717, 1.165) is 6.20 Å². The summed E-state index contributed by atoms with van der Waals surface area (Å²) in [6, 6.07) is 1.25. The van der Waals surface area contributed by atoms with Crippen LogP contribution in [0.15, 0.2) is 17.1 Å². The summed E-state index contributed by atoms with van der Waals surface area (Å²) >= 11 is 0. The van der Waals surface area contributed by atoms with Crippen molar-refractivity contribution in [3.8, 4) is 5.75 Å². The van der Waals surface area contributed by atoms with Crippen molar-refractivity contribution in [1.29, 1.82) is 0 Å². The molecule has 0 fully saturated rings. The van der Waals surface area contributed by atoms with Gasteiger partial charge in [-0.05, 0) is 5.92 Å². The van der Waals surface area contributed by atoms with Crippen molar-refractivity contribution in [2.45, 2.75) is 20.4 Å². The third-order valence-corrected chi connectivity index (χ3v) is 1.81. The molecule has 0 aromatic carbocycles. The second-order valence-electron chi connectivity index (χ2n) is 3.83. The van der Waals surface area contributed by atoms with Crippen LogP contribution < -0.4 is 16.0 Å². The van der Waals surface area contributed by atoms with E-state index in [9.17, 15) is 13.6 Å². The maximum absolute atomic E-state index is 12.4. The Morgan fingerprint density at radius 3 is 2.62 bits per heavy atom. The van der Waals surface area contributed by atoms with Gasteiger partial charge in [-0.2, -0.15) is 8.78 Å². The Morgan fingerprint density at radius 2 is 2.12 bits per heavy atom. The zero-order valence-corrected chi connectivity index (χ0v) is 9.11. The number of ether oxygens (including phenoxy) is 1. The molecule has 4 nitrogen and oxygen atoms in total. The van der Waals surface area contributed by atoms with Crippen LogP contribution >= 0.6 is 0 Å². The van der Waals surface area contributed by atoms with E-state index < -0.39 is 12.1 Å². The Balaban J connectivity index is 3.05. The van der Waals surface area contributed by atoms with Crippen LogP contribution in [-0.2, 0) is 0 Å². The molecule has 0 spiro atoms. The van der Waals surface area contributed by atoms with E-state index in [0.29, 0.717) is 0 Å². The number of alkyl halides is 2. The number of nitrogen functional groups attached to an aromatic ring is 1. The molecule has 1 aromatic rings. The summed E-state index contributed by atoms with van der Waals surface area (Å²) in [6.45, 7) is 1.13. The standard InChI is InChI=1S/C10H14F2N2O2/c1-6(2)5-16-8-3-7(13)4-14(9(8)15)10(11)12/h3-4,6,10H,5,13H2,1-2H3. The first-order chi connectivity index (χ1) is 7.41. The van der Waals surface area contributed by atoms with Crippen LogP contribution in [0.3, 0.4) is 0 Å². The lowest BCUT2D eigenvalue weighted by molar-refractivity contribution is 0.0651. The number of halogens is 2. The van der Waals surface area contributed by atoms with Crippen LogP contribution in [0.4, 0.5) is 14.5 Å². The first kappa shape index (κ1) is 12.5. The predicted molar refractivity (Wildman–Crippen MR) is 56.7 cm³/mol. The molecule has 0 aliphatic heterocycles. The van der Waals surface area contributed by atoms with Gasteiger partial charge in [0, 0.05) is 12.3 Å². The summed E-state index contributed by atoms with van der Waals surface area (Å²) in [5.74, 6) is 0.0508. The van der Waals surface area contributed by atoms with Gasteiger partial charge in [0.15, 0.2) is 5.75 Å². The number of aromatic nitrogens is 1. The molecule has 0 amide bonds. The average molecular weight is 232 g/mol. The van der Waals surface area contributed by atoms with Gasteiger partial charge in [0.2, 0.25) is 0 Å². The SMILES string of the molecule is CC(C)COc1cc(N)cn(C(F)F)c1=O. The van der Waals surface area contributed by atoms with E-state index in [4.69, 9.17) is 10.5 Å². The first-order valence-electron chi connectivity index (χ1n) is 4.84. The monoisotopic (exact) mass is 232 g/mol. The van der Waals surface area contributed by atoms with Gasteiger partial charge in [0.1, 0.15) is 0 Å². The fourth-order valence-electron chi connectivity index (χ4n) is 1.10. The van der Waals surface area contributed by atoms with Gasteiger partial charge in [-0.1, -0.05) is 13.8 Å². The van der Waals surface area contributed by atoms with Crippen LogP contribution in [0, 0.1) is 5.92 Å². The third kappa shape index (κ3) is 2.95. The number of rotatable bonds is 4. The summed E-state index contributed by atoms with van der Waals surface area (Å²) in [7, 11) is 0. The Labute approximate surface area is 91.6 Å². The van der Waals surface area contributed by atoms with Gasteiger partial charge in [0.05, 0.1) is 12.3 Å². The summed E-state index contributed by atoms with van der Waals surface area (Å²) < 4.78 is 30.3. The van der Waals surface area contributed by atoms with Crippen molar-refractivity contribution in [3.63, 3.8) is 0 Å². The Bertz CT molecular complexity index is 416. The lowest BCUT2D eigenvalue weighted by Crippen LogP contribution is -2.23. The second-order valence-corrected chi connectivity index (χ2v) is 3.83. The molecule has 0 radical (unpaired) electrons. The Kier molecular flexibility index (Phi) is 3.87. The predicted octanol–water partition coefficient (Wildman–Crippen LogP) is 1.86. The highest BCUT2D eigenvalue weighted by atomic mass is 19.3. The van der Waals surface area contributed by atoms with Crippen molar-refractivity contribution in [3.05, 3.63) is 22.6 Å². The van der Waals surface area contributed by atoms with Crippen LogP contribution in [-0.4, -0.2) is 11.2 Å². The molecule has 0 unspecified atom stereocenters. The topological polar surface area (TPSA) is 57.2 Å². The average Bonchev–Trinajstić information content (AvgIpc) is 2.18. The summed E-state index contributed by atoms with van der Waals surface area (Å²) in [5.41, 5.74) is 4.60. The molecule has 90 valence electrons. The van der Waals surface area contributed by atoms with E-state index in [1.165, 1.54) is 6.07 Å². The summed E-state index contributed by atoms with van der Waals surface area (Å²) in [5, 5.41) is 0. The number of hydrogen-bond acceptors (Lipinski definition) is 3. The largest absolute Gasteiger partial charge is 0.488 e. The number of pyridine rings is 1. The van der Waals surface area contributed by atoms with E-state index in [-0.39, 0.29) is 28.5 Å². The van der Waals surface area contributed by atoms with Crippen molar-refractivity contribution in [1.82, 2.24) is 4.57 Å². The maximum Gasteiger partial charge on any atom is 0.321 e. The fourth-order valence-corrected chi connectivity index (χ4v) is 1.10. The van der Waals surface area contributed by atoms with E-state index in [1.807, 2.05) is 13.8 Å². The molecule has 0 atom stereocenters. The Hall–Kier alpha value is -1.59. The van der Waals surface area contributed by atoms with E-state index in [1.54, 1.807) is 0 Å². The van der Waals surface area contributed by atoms with Gasteiger partial charge < -0.3 is 10.5 Å². The third-order valence-electron chi connectivity index (χ3n) is 1.81. The molecule has 1 rings (SSSR count). The molecule has 0 bridgehead atoms. The van der Waals surface area contributed by atoms with Gasteiger partial charge in [-0.25, -0.2) is 0 Å². The zero-order valence-electron chi connectivity index (χ0n) is 9.11. The normalized spacial score (nSPS) is 11.1. The molecule has 0 saturated heterocycles. The highest BCUT2D eigenvalue weighted by molar-refractivity contribution is 5.40. The molecule has 1 aromatic heterocycles. The lowest BCUT2D eigenvalue weighted by Gasteiger charge is -2.11. The molecule has 0 saturated carbocycles. The summed E-state index contributed by atoms with van der Waals surface area (Å²) in [6.07, 6.45) is 0.898. The number of hydrogen-bond donors (Lipinski definition) is 1. The molecule has 16 heavy (non-hydrogen) atoms. The number of anilines is 1. The van der Waals surface area contributed by atoms with Gasteiger partial charge >= 0.3 is 6.55 Å². The van der Waals surface area contributed by atoms with Gasteiger partial charge in [-0.3, -0.25) is 9.36 Å². The molecule has 1 heterocycles. The smallest absolute Gasteiger partial charge is 0.321 e.